The van der Waals surface area contributed by atoms with E-state index in [0.717, 1.165) is 0 Å². The zero-order valence-corrected chi connectivity index (χ0v) is 8.53. The van der Waals surface area contributed by atoms with Crippen molar-refractivity contribution in [1.82, 2.24) is 0 Å². The van der Waals surface area contributed by atoms with Crippen LogP contribution >= 0.6 is 0 Å². The fourth-order valence-electron chi connectivity index (χ4n) is 1.13. The Morgan fingerprint density at radius 2 is 2.07 bits per heavy atom. The monoisotopic (exact) mass is 204 g/mol. The smallest absolute Gasteiger partial charge is 0.338 e. The second-order valence-corrected chi connectivity index (χ2v) is 2.87. The maximum atomic E-state index is 11.3. The summed E-state index contributed by atoms with van der Waals surface area (Å²) in [5, 5.41) is 0. The number of hydrogen-bond acceptors (Lipinski definition) is 3. The molecule has 0 heterocycles. The van der Waals surface area contributed by atoms with E-state index in [1.165, 1.54) is 12.1 Å². The lowest BCUT2D eigenvalue weighted by Gasteiger charge is -2.02. The van der Waals surface area contributed by atoms with E-state index in [2.05, 4.69) is 6.58 Å². The highest BCUT2D eigenvalue weighted by molar-refractivity contribution is 6.05. The van der Waals surface area contributed by atoms with Crippen LogP contribution in [0.25, 0.3) is 0 Å². The molecule has 78 valence electrons. The molecule has 1 aromatic rings. The van der Waals surface area contributed by atoms with Crippen molar-refractivity contribution in [2.45, 2.75) is 6.92 Å². The van der Waals surface area contributed by atoms with Gasteiger partial charge in [-0.3, -0.25) is 4.79 Å². The molecule has 0 saturated heterocycles. The SMILES string of the molecule is C=CC(=O)c1cccc(C(=O)OCC)c1. The molecule has 0 aliphatic carbocycles. The quantitative estimate of drug-likeness (QED) is 0.429. The summed E-state index contributed by atoms with van der Waals surface area (Å²) >= 11 is 0. The van der Waals surface area contributed by atoms with Gasteiger partial charge in [-0.05, 0) is 25.1 Å². The lowest BCUT2D eigenvalue weighted by atomic mass is 10.1. The first kappa shape index (κ1) is 11.2. The first-order valence-corrected chi connectivity index (χ1v) is 4.63. The molecule has 0 spiro atoms. The molecule has 0 aliphatic rings. The Balaban J connectivity index is 2.97. The highest BCUT2D eigenvalue weighted by Gasteiger charge is 2.08. The van der Waals surface area contributed by atoms with Gasteiger partial charge in [-0.15, -0.1) is 0 Å². The van der Waals surface area contributed by atoms with E-state index >= 15 is 0 Å². The zero-order valence-electron chi connectivity index (χ0n) is 8.53. The molecule has 0 aliphatic heterocycles. The van der Waals surface area contributed by atoms with Crippen LogP contribution < -0.4 is 0 Å². The highest BCUT2D eigenvalue weighted by atomic mass is 16.5. The molecule has 0 N–H and O–H groups in total. The maximum Gasteiger partial charge on any atom is 0.338 e. The molecule has 0 unspecified atom stereocenters. The Labute approximate surface area is 88.4 Å². The number of rotatable bonds is 4. The van der Waals surface area contributed by atoms with Crippen LogP contribution in [0, 0.1) is 0 Å². The summed E-state index contributed by atoms with van der Waals surface area (Å²) in [6.07, 6.45) is 1.21. The topological polar surface area (TPSA) is 43.4 Å². The molecule has 0 saturated carbocycles. The van der Waals surface area contributed by atoms with Crippen molar-refractivity contribution in [3.8, 4) is 0 Å². The fourth-order valence-corrected chi connectivity index (χ4v) is 1.13. The summed E-state index contributed by atoms with van der Waals surface area (Å²) in [6, 6.07) is 6.38. The van der Waals surface area contributed by atoms with E-state index in [1.54, 1.807) is 25.1 Å². The Hall–Kier alpha value is -1.90. The number of benzene rings is 1. The van der Waals surface area contributed by atoms with Crippen molar-refractivity contribution < 1.29 is 14.3 Å². The number of carbonyl (C=O) groups excluding carboxylic acids is 2. The van der Waals surface area contributed by atoms with Crippen molar-refractivity contribution >= 4 is 11.8 Å². The molecular weight excluding hydrogens is 192 g/mol. The molecule has 1 aromatic carbocycles. The van der Waals surface area contributed by atoms with Crippen LogP contribution in [0.4, 0.5) is 0 Å². The minimum absolute atomic E-state index is 0.207. The molecule has 0 amide bonds. The van der Waals surface area contributed by atoms with Crippen LogP contribution in [0.1, 0.15) is 27.6 Å². The fraction of sp³-hybridized carbons (Fsp3) is 0.167. The third-order valence-corrected chi connectivity index (χ3v) is 1.84. The number of hydrogen-bond donors (Lipinski definition) is 0. The largest absolute Gasteiger partial charge is 0.462 e. The van der Waals surface area contributed by atoms with Crippen molar-refractivity contribution in [2.24, 2.45) is 0 Å². The maximum absolute atomic E-state index is 11.3. The molecular formula is C12H12O3. The summed E-state index contributed by atoms with van der Waals surface area (Å²) < 4.78 is 4.82. The Kier molecular flexibility index (Phi) is 3.80. The standard InChI is InChI=1S/C12H12O3/c1-3-11(13)9-6-5-7-10(8-9)12(14)15-4-2/h3,5-8H,1,4H2,2H3. The molecule has 15 heavy (non-hydrogen) atoms. The van der Waals surface area contributed by atoms with Crippen molar-refractivity contribution in [3.05, 3.63) is 48.0 Å². The van der Waals surface area contributed by atoms with Crippen LogP contribution in [-0.2, 0) is 4.74 Å². The molecule has 3 heteroatoms. The molecule has 3 nitrogen and oxygen atoms in total. The minimum Gasteiger partial charge on any atom is -0.462 e. The predicted octanol–water partition coefficient (Wildman–Crippen LogP) is 2.23. The van der Waals surface area contributed by atoms with Crippen LogP contribution in [0.3, 0.4) is 0 Å². The van der Waals surface area contributed by atoms with Gasteiger partial charge in [-0.2, -0.15) is 0 Å². The van der Waals surface area contributed by atoms with E-state index in [9.17, 15) is 9.59 Å². The van der Waals surface area contributed by atoms with E-state index in [4.69, 9.17) is 4.74 Å². The van der Waals surface area contributed by atoms with Crippen molar-refractivity contribution in [2.75, 3.05) is 6.61 Å². The number of allylic oxidation sites excluding steroid dienone is 1. The second kappa shape index (κ2) is 5.10. The van der Waals surface area contributed by atoms with E-state index in [-0.39, 0.29) is 5.78 Å². The van der Waals surface area contributed by atoms with E-state index < -0.39 is 5.97 Å². The number of esters is 1. The van der Waals surface area contributed by atoms with Gasteiger partial charge in [0.25, 0.3) is 0 Å². The third-order valence-electron chi connectivity index (χ3n) is 1.84. The Bertz CT molecular complexity index is 394. The lowest BCUT2D eigenvalue weighted by molar-refractivity contribution is 0.0526. The molecule has 0 atom stereocenters. The third kappa shape index (κ3) is 2.77. The highest BCUT2D eigenvalue weighted by Crippen LogP contribution is 2.08. The van der Waals surface area contributed by atoms with Gasteiger partial charge in [0.15, 0.2) is 5.78 Å². The summed E-state index contributed by atoms with van der Waals surface area (Å²) in [5.74, 6) is -0.627. The van der Waals surface area contributed by atoms with Crippen LogP contribution in [0.5, 0.6) is 0 Å². The summed E-state index contributed by atoms with van der Waals surface area (Å²) in [4.78, 5) is 22.6. The zero-order chi connectivity index (χ0) is 11.3. The summed E-state index contributed by atoms with van der Waals surface area (Å²) in [7, 11) is 0. The van der Waals surface area contributed by atoms with Gasteiger partial charge in [0, 0.05) is 5.56 Å². The Morgan fingerprint density at radius 3 is 2.67 bits per heavy atom. The van der Waals surface area contributed by atoms with Gasteiger partial charge < -0.3 is 4.74 Å². The van der Waals surface area contributed by atoms with Crippen molar-refractivity contribution in [1.29, 1.82) is 0 Å². The molecule has 1 rings (SSSR count). The van der Waals surface area contributed by atoms with Gasteiger partial charge in [-0.1, -0.05) is 18.7 Å². The first-order valence-electron chi connectivity index (χ1n) is 4.63. The van der Waals surface area contributed by atoms with E-state index in [1.807, 2.05) is 0 Å². The van der Waals surface area contributed by atoms with Gasteiger partial charge in [0.2, 0.25) is 0 Å². The van der Waals surface area contributed by atoms with Crippen LogP contribution in [0.2, 0.25) is 0 Å². The first-order chi connectivity index (χ1) is 7.19. The molecule has 0 aromatic heterocycles. The van der Waals surface area contributed by atoms with Crippen LogP contribution in [-0.4, -0.2) is 18.4 Å². The van der Waals surface area contributed by atoms with Gasteiger partial charge in [-0.25, -0.2) is 4.79 Å². The van der Waals surface area contributed by atoms with Gasteiger partial charge in [0.1, 0.15) is 0 Å². The van der Waals surface area contributed by atoms with Crippen LogP contribution in [0.15, 0.2) is 36.9 Å². The number of carbonyl (C=O) groups is 2. The molecule has 0 fully saturated rings. The normalized spacial score (nSPS) is 9.40. The lowest BCUT2D eigenvalue weighted by Crippen LogP contribution is -2.06. The van der Waals surface area contributed by atoms with Crippen molar-refractivity contribution in [3.63, 3.8) is 0 Å². The average molecular weight is 204 g/mol. The van der Waals surface area contributed by atoms with Gasteiger partial charge >= 0.3 is 5.97 Å². The number of ether oxygens (including phenoxy) is 1. The molecule has 0 bridgehead atoms. The second-order valence-electron chi connectivity index (χ2n) is 2.87. The van der Waals surface area contributed by atoms with E-state index in [0.29, 0.717) is 17.7 Å². The molecule has 0 radical (unpaired) electrons. The van der Waals surface area contributed by atoms with Gasteiger partial charge in [0.05, 0.1) is 12.2 Å². The Morgan fingerprint density at radius 1 is 1.40 bits per heavy atom. The number of ketones is 1. The predicted molar refractivity (Wildman–Crippen MR) is 56.9 cm³/mol. The summed E-state index contributed by atoms with van der Waals surface area (Å²) in [6.45, 7) is 5.43. The summed E-state index contributed by atoms with van der Waals surface area (Å²) in [5.41, 5.74) is 0.820. The average Bonchev–Trinajstić information content (AvgIpc) is 2.28. The minimum atomic E-state index is -0.420.